The molecule has 3 aromatic rings. The predicted octanol–water partition coefficient (Wildman–Crippen LogP) is 3.83. The van der Waals surface area contributed by atoms with E-state index in [1.807, 2.05) is 42.5 Å². The molecule has 106 valence electrons. The van der Waals surface area contributed by atoms with Gasteiger partial charge in [0.25, 0.3) is 10.1 Å². The molecule has 0 bridgehead atoms. The minimum Gasteiger partial charge on any atom is -0.355 e. The SMILES string of the molecule is O=S(=O)(O)c1ccc(Nc2ccccc2)c2ccccc12. The topological polar surface area (TPSA) is 66.4 Å². The number of para-hydroxylation sites is 1. The molecule has 3 aromatic carbocycles. The first-order chi connectivity index (χ1) is 10.1. The van der Waals surface area contributed by atoms with Gasteiger partial charge in [-0.25, -0.2) is 0 Å². The Labute approximate surface area is 122 Å². The molecule has 21 heavy (non-hydrogen) atoms. The van der Waals surface area contributed by atoms with E-state index < -0.39 is 10.1 Å². The average Bonchev–Trinajstić information content (AvgIpc) is 2.47. The van der Waals surface area contributed by atoms with Gasteiger partial charge in [0, 0.05) is 22.1 Å². The van der Waals surface area contributed by atoms with Gasteiger partial charge in [-0.3, -0.25) is 4.55 Å². The molecule has 0 amide bonds. The van der Waals surface area contributed by atoms with Crippen molar-refractivity contribution in [3.05, 3.63) is 66.7 Å². The third-order valence-electron chi connectivity index (χ3n) is 3.21. The van der Waals surface area contributed by atoms with E-state index in [0.717, 1.165) is 16.8 Å². The lowest BCUT2D eigenvalue weighted by Gasteiger charge is -2.12. The van der Waals surface area contributed by atoms with Gasteiger partial charge in [0.05, 0.1) is 0 Å². The molecular weight excluding hydrogens is 286 g/mol. The van der Waals surface area contributed by atoms with Gasteiger partial charge in [-0.05, 0) is 24.3 Å². The Hall–Kier alpha value is -2.37. The maximum Gasteiger partial charge on any atom is 0.295 e. The number of hydrogen-bond donors (Lipinski definition) is 2. The highest BCUT2D eigenvalue weighted by Gasteiger charge is 2.15. The van der Waals surface area contributed by atoms with Crippen LogP contribution in [-0.4, -0.2) is 13.0 Å². The van der Waals surface area contributed by atoms with E-state index in [9.17, 15) is 13.0 Å². The van der Waals surface area contributed by atoms with Crippen LogP contribution < -0.4 is 5.32 Å². The van der Waals surface area contributed by atoms with E-state index in [1.54, 1.807) is 18.2 Å². The summed E-state index contributed by atoms with van der Waals surface area (Å²) in [6.07, 6.45) is 0. The number of fused-ring (bicyclic) bond motifs is 1. The quantitative estimate of drug-likeness (QED) is 0.721. The van der Waals surface area contributed by atoms with Crippen LogP contribution in [0.1, 0.15) is 0 Å². The minimum absolute atomic E-state index is 0.0864. The lowest BCUT2D eigenvalue weighted by molar-refractivity contribution is 0.484. The predicted molar refractivity (Wildman–Crippen MR) is 83.5 cm³/mol. The Bertz CT molecular complexity index is 890. The molecule has 0 heterocycles. The largest absolute Gasteiger partial charge is 0.355 e. The van der Waals surface area contributed by atoms with Crippen LogP contribution in [0.5, 0.6) is 0 Å². The second-order valence-electron chi connectivity index (χ2n) is 4.62. The highest BCUT2D eigenvalue weighted by atomic mass is 32.2. The second kappa shape index (κ2) is 5.20. The van der Waals surface area contributed by atoms with E-state index in [-0.39, 0.29) is 4.90 Å². The van der Waals surface area contributed by atoms with E-state index in [0.29, 0.717) is 5.39 Å². The molecule has 5 heteroatoms. The van der Waals surface area contributed by atoms with Gasteiger partial charge in [0.1, 0.15) is 4.90 Å². The van der Waals surface area contributed by atoms with Crippen molar-refractivity contribution >= 4 is 32.3 Å². The van der Waals surface area contributed by atoms with E-state index in [2.05, 4.69) is 5.32 Å². The van der Waals surface area contributed by atoms with Crippen molar-refractivity contribution in [2.24, 2.45) is 0 Å². The third-order valence-corrected chi connectivity index (χ3v) is 4.13. The Kier molecular flexibility index (Phi) is 3.37. The van der Waals surface area contributed by atoms with Crippen molar-refractivity contribution < 1.29 is 13.0 Å². The smallest absolute Gasteiger partial charge is 0.295 e. The monoisotopic (exact) mass is 299 g/mol. The van der Waals surface area contributed by atoms with Crippen molar-refractivity contribution in [3.63, 3.8) is 0 Å². The van der Waals surface area contributed by atoms with Gasteiger partial charge in [-0.2, -0.15) is 8.42 Å². The molecule has 0 saturated carbocycles. The van der Waals surface area contributed by atoms with Crippen LogP contribution in [0.15, 0.2) is 71.6 Å². The molecule has 4 nitrogen and oxygen atoms in total. The molecule has 0 aliphatic heterocycles. The summed E-state index contributed by atoms with van der Waals surface area (Å²) < 4.78 is 32.2. The summed E-state index contributed by atoms with van der Waals surface area (Å²) in [5, 5.41) is 4.47. The first-order valence-corrected chi connectivity index (χ1v) is 7.81. The standard InChI is InChI=1S/C16H13NO3S/c18-21(19,20)16-11-10-15(13-8-4-5-9-14(13)16)17-12-6-2-1-3-7-12/h1-11,17H,(H,18,19,20). The van der Waals surface area contributed by atoms with Crippen molar-refractivity contribution in [2.75, 3.05) is 5.32 Å². The summed E-state index contributed by atoms with van der Waals surface area (Å²) in [6.45, 7) is 0. The summed E-state index contributed by atoms with van der Waals surface area (Å²) in [6, 6.07) is 19.7. The maximum atomic E-state index is 11.5. The van der Waals surface area contributed by atoms with Crippen molar-refractivity contribution in [1.29, 1.82) is 0 Å². The number of nitrogens with one attached hydrogen (secondary N) is 1. The molecule has 0 unspecified atom stereocenters. The lowest BCUT2D eigenvalue weighted by Crippen LogP contribution is -2.00. The normalized spacial score (nSPS) is 11.5. The van der Waals surface area contributed by atoms with Gasteiger partial charge < -0.3 is 5.32 Å². The van der Waals surface area contributed by atoms with Crippen LogP contribution in [0.3, 0.4) is 0 Å². The molecule has 0 saturated heterocycles. The summed E-state index contributed by atoms with van der Waals surface area (Å²) in [7, 11) is -4.25. The minimum atomic E-state index is -4.25. The van der Waals surface area contributed by atoms with E-state index in [1.165, 1.54) is 6.07 Å². The summed E-state index contributed by atoms with van der Waals surface area (Å²) in [4.78, 5) is -0.0864. The molecule has 2 N–H and O–H groups in total. The molecule has 0 radical (unpaired) electrons. The van der Waals surface area contributed by atoms with Crippen molar-refractivity contribution in [3.8, 4) is 0 Å². The Balaban J connectivity index is 2.18. The Morgan fingerprint density at radius 3 is 2.05 bits per heavy atom. The highest BCUT2D eigenvalue weighted by molar-refractivity contribution is 7.86. The fourth-order valence-electron chi connectivity index (χ4n) is 2.28. The number of benzene rings is 3. The summed E-state index contributed by atoms with van der Waals surface area (Å²) in [5.74, 6) is 0. The van der Waals surface area contributed by atoms with Gasteiger partial charge in [-0.1, -0.05) is 42.5 Å². The summed E-state index contributed by atoms with van der Waals surface area (Å²) >= 11 is 0. The van der Waals surface area contributed by atoms with Crippen LogP contribution >= 0.6 is 0 Å². The Morgan fingerprint density at radius 1 is 0.762 bits per heavy atom. The zero-order chi connectivity index (χ0) is 14.9. The zero-order valence-corrected chi connectivity index (χ0v) is 11.8. The Morgan fingerprint density at radius 2 is 1.38 bits per heavy atom. The fourth-order valence-corrected chi connectivity index (χ4v) is 2.98. The molecule has 0 atom stereocenters. The van der Waals surface area contributed by atoms with Crippen molar-refractivity contribution in [2.45, 2.75) is 4.90 Å². The fraction of sp³-hybridized carbons (Fsp3) is 0. The van der Waals surface area contributed by atoms with Crippen LogP contribution in [0.25, 0.3) is 10.8 Å². The second-order valence-corrected chi connectivity index (χ2v) is 6.01. The number of anilines is 2. The van der Waals surface area contributed by atoms with Crippen LogP contribution in [-0.2, 0) is 10.1 Å². The van der Waals surface area contributed by atoms with Gasteiger partial charge in [0.2, 0.25) is 0 Å². The zero-order valence-electron chi connectivity index (χ0n) is 11.0. The third kappa shape index (κ3) is 2.74. The van der Waals surface area contributed by atoms with E-state index in [4.69, 9.17) is 0 Å². The maximum absolute atomic E-state index is 11.5. The number of hydrogen-bond acceptors (Lipinski definition) is 3. The van der Waals surface area contributed by atoms with Crippen LogP contribution in [0.4, 0.5) is 11.4 Å². The first-order valence-electron chi connectivity index (χ1n) is 6.37. The van der Waals surface area contributed by atoms with Gasteiger partial charge >= 0.3 is 0 Å². The molecule has 0 fully saturated rings. The molecule has 3 rings (SSSR count). The lowest BCUT2D eigenvalue weighted by atomic mass is 10.1. The van der Waals surface area contributed by atoms with Crippen LogP contribution in [0, 0.1) is 0 Å². The molecule has 0 aromatic heterocycles. The molecule has 0 spiro atoms. The average molecular weight is 299 g/mol. The molecule has 0 aliphatic rings. The van der Waals surface area contributed by atoms with Crippen molar-refractivity contribution in [1.82, 2.24) is 0 Å². The van der Waals surface area contributed by atoms with Crippen LogP contribution in [0.2, 0.25) is 0 Å². The molecular formula is C16H13NO3S. The number of rotatable bonds is 3. The summed E-state index contributed by atoms with van der Waals surface area (Å²) in [5.41, 5.74) is 1.69. The van der Waals surface area contributed by atoms with E-state index >= 15 is 0 Å². The van der Waals surface area contributed by atoms with Gasteiger partial charge in [0.15, 0.2) is 0 Å². The molecule has 0 aliphatic carbocycles. The van der Waals surface area contributed by atoms with Gasteiger partial charge in [-0.15, -0.1) is 0 Å². The first kappa shape index (κ1) is 13.6. The highest BCUT2D eigenvalue weighted by Crippen LogP contribution is 2.31.